The Morgan fingerprint density at radius 3 is 1.72 bits per heavy atom. The van der Waals surface area contributed by atoms with Crippen LogP contribution >= 0.6 is 0 Å². The van der Waals surface area contributed by atoms with Crippen molar-refractivity contribution in [2.45, 2.75) is 69.9 Å². The van der Waals surface area contributed by atoms with Gasteiger partial charge in [0, 0.05) is 0 Å². The molecule has 2 aliphatic rings. The lowest BCUT2D eigenvalue weighted by Gasteiger charge is -2.25. The molecule has 2 saturated carbocycles. The molecule has 2 aliphatic carbocycles. The Balaban J connectivity index is 1.92. The van der Waals surface area contributed by atoms with Crippen LogP contribution in [0.1, 0.15) is 51.4 Å². The predicted octanol–water partition coefficient (Wildman–Crippen LogP) is 2.87. The lowest BCUT2D eigenvalue weighted by molar-refractivity contribution is -0.177. The zero-order valence-corrected chi connectivity index (χ0v) is 10.8. The fraction of sp³-hybridized carbons (Fsp3) is 0.786. The molecule has 2 rings (SSSR count). The fourth-order valence-corrected chi connectivity index (χ4v) is 2.70. The molecule has 18 heavy (non-hydrogen) atoms. The monoisotopic (exact) mass is 254 g/mol. The minimum atomic E-state index is -1.03. The summed E-state index contributed by atoms with van der Waals surface area (Å²) < 4.78 is 11.6. The van der Waals surface area contributed by atoms with Crippen molar-refractivity contribution in [1.29, 1.82) is 0 Å². The lowest BCUT2D eigenvalue weighted by atomic mass is 10.2. The molecule has 0 spiro atoms. The van der Waals surface area contributed by atoms with Gasteiger partial charge >= 0.3 is 5.97 Å². The summed E-state index contributed by atoms with van der Waals surface area (Å²) in [5.41, 5.74) is 0.0220. The molecule has 0 amide bonds. The lowest BCUT2D eigenvalue weighted by Crippen LogP contribution is -2.31. The third kappa shape index (κ3) is 3.56. The summed E-state index contributed by atoms with van der Waals surface area (Å²) in [6, 6.07) is 0. The minimum absolute atomic E-state index is 0.0220. The Hall–Kier alpha value is -0.870. The van der Waals surface area contributed by atoms with Crippen LogP contribution in [0.2, 0.25) is 0 Å². The van der Waals surface area contributed by atoms with E-state index in [1.165, 1.54) is 0 Å². The largest absolute Gasteiger partial charge is 0.478 e. The van der Waals surface area contributed by atoms with Crippen LogP contribution in [0, 0.1) is 0 Å². The van der Waals surface area contributed by atoms with Crippen molar-refractivity contribution in [2.75, 3.05) is 0 Å². The standard InChI is InChI=1S/C14H22O4/c1-10(13(15)16)14(17-11-6-2-3-7-11)18-12-8-4-5-9-12/h11-12,14H,1-9H2,(H,15,16). The smallest absolute Gasteiger partial charge is 0.336 e. The second-order valence-corrected chi connectivity index (χ2v) is 5.25. The molecule has 0 aromatic heterocycles. The van der Waals surface area contributed by atoms with Gasteiger partial charge in [0.2, 0.25) is 0 Å². The predicted molar refractivity (Wildman–Crippen MR) is 67.2 cm³/mol. The van der Waals surface area contributed by atoms with Crippen LogP contribution in [0.4, 0.5) is 0 Å². The Bertz CT molecular complexity index is 283. The van der Waals surface area contributed by atoms with Crippen LogP contribution < -0.4 is 0 Å². The third-order valence-corrected chi connectivity index (χ3v) is 3.80. The molecular formula is C14H22O4. The van der Waals surface area contributed by atoms with Crippen molar-refractivity contribution >= 4 is 5.97 Å². The van der Waals surface area contributed by atoms with E-state index in [-0.39, 0.29) is 17.8 Å². The number of carbonyl (C=O) groups is 1. The normalized spacial score (nSPS) is 21.8. The van der Waals surface area contributed by atoms with E-state index < -0.39 is 12.3 Å². The number of carboxylic acid groups (broad SMARTS) is 1. The molecule has 2 fully saturated rings. The van der Waals surface area contributed by atoms with Crippen molar-refractivity contribution in [3.8, 4) is 0 Å². The maximum absolute atomic E-state index is 11.0. The van der Waals surface area contributed by atoms with Gasteiger partial charge in [-0.05, 0) is 25.7 Å². The van der Waals surface area contributed by atoms with Crippen LogP contribution in [-0.4, -0.2) is 29.6 Å². The van der Waals surface area contributed by atoms with Crippen LogP contribution in [-0.2, 0) is 14.3 Å². The summed E-state index contributed by atoms with van der Waals surface area (Å²) in [6.07, 6.45) is 8.10. The third-order valence-electron chi connectivity index (χ3n) is 3.80. The second-order valence-electron chi connectivity index (χ2n) is 5.25. The highest BCUT2D eigenvalue weighted by Crippen LogP contribution is 2.28. The van der Waals surface area contributed by atoms with E-state index in [1.807, 2.05) is 0 Å². The van der Waals surface area contributed by atoms with E-state index in [2.05, 4.69) is 6.58 Å². The first-order chi connectivity index (χ1) is 8.66. The van der Waals surface area contributed by atoms with Gasteiger partial charge in [-0.1, -0.05) is 32.3 Å². The van der Waals surface area contributed by atoms with Gasteiger partial charge < -0.3 is 14.6 Å². The number of carboxylic acids is 1. The molecule has 0 aromatic rings. The molecule has 0 atom stereocenters. The summed E-state index contributed by atoms with van der Waals surface area (Å²) in [6.45, 7) is 3.59. The number of hydrogen-bond donors (Lipinski definition) is 1. The van der Waals surface area contributed by atoms with E-state index in [1.54, 1.807) is 0 Å². The molecule has 0 aromatic carbocycles. The van der Waals surface area contributed by atoms with Crippen LogP contribution in [0.15, 0.2) is 12.2 Å². The highest BCUT2D eigenvalue weighted by atomic mass is 16.7. The van der Waals surface area contributed by atoms with Gasteiger partial charge in [0.15, 0.2) is 6.29 Å². The minimum Gasteiger partial charge on any atom is -0.478 e. The van der Waals surface area contributed by atoms with Gasteiger partial charge in [-0.3, -0.25) is 0 Å². The fourth-order valence-electron chi connectivity index (χ4n) is 2.70. The highest BCUT2D eigenvalue weighted by molar-refractivity contribution is 5.86. The molecule has 0 aliphatic heterocycles. The number of ether oxygens (including phenoxy) is 2. The van der Waals surface area contributed by atoms with Crippen molar-refractivity contribution in [3.05, 3.63) is 12.2 Å². The van der Waals surface area contributed by atoms with Crippen LogP contribution in [0.3, 0.4) is 0 Å². The van der Waals surface area contributed by atoms with E-state index in [4.69, 9.17) is 14.6 Å². The van der Waals surface area contributed by atoms with Crippen LogP contribution in [0.25, 0.3) is 0 Å². The first kappa shape index (κ1) is 13.6. The zero-order valence-electron chi connectivity index (χ0n) is 10.8. The maximum atomic E-state index is 11.0. The number of rotatable bonds is 6. The zero-order chi connectivity index (χ0) is 13.0. The van der Waals surface area contributed by atoms with Gasteiger partial charge in [-0.2, -0.15) is 0 Å². The van der Waals surface area contributed by atoms with E-state index in [0.717, 1.165) is 51.4 Å². The van der Waals surface area contributed by atoms with Gasteiger partial charge in [0.05, 0.1) is 17.8 Å². The Morgan fingerprint density at radius 1 is 1.00 bits per heavy atom. The number of aliphatic carboxylic acids is 1. The van der Waals surface area contributed by atoms with Gasteiger partial charge in [-0.15, -0.1) is 0 Å². The molecule has 4 nitrogen and oxygen atoms in total. The Morgan fingerprint density at radius 2 is 1.39 bits per heavy atom. The first-order valence-corrected chi connectivity index (χ1v) is 6.90. The van der Waals surface area contributed by atoms with Crippen molar-refractivity contribution < 1.29 is 19.4 Å². The molecule has 0 saturated heterocycles. The molecule has 0 unspecified atom stereocenters. The average Bonchev–Trinajstić information content (AvgIpc) is 2.99. The molecular weight excluding hydrogens is 232 g/mol. The first-order valence-electron chi connectivity index (χ1n) is 6.90. The SMILES string of the molecule is C=C(C(=O)O)C(OC1CCCC1)OC1CCCC1. The van der Waals surface area contributed by atoms with Gasteiger partial charge in [0.1, 0.15) is 0 Å². The summed E-state index contributed by atoms with van der Waals surface area (Å²) in [5.74, 6) is -1.03. The van der Waals surface area contributed by atoms with Crippen molar-refractivity contribution in [1.82, 2.24) is 0 Å². The quantitative estimate of drug-likeness (QED) is 0.585. The molecule has 0 radical (unpaired) electrons. The average molecular weight is 254 g/mol. The molecule has 4 heteroatoms. The molecule has 1 N–H and O–H groups in total. The van der Waals surface area contributed by atoms with Gasteiger partial charge in [-0.25, -0.2) is 4.79 Å². The summed E-state index contributed by atoms with van der Waals surface area (Å²) >= 11 is 0. The summed E-state index contributed by atoms with van der Waals surface area (Å²) in [5, 5.41) is 9.04. The van der Waals surface area contributed by atoms with E-state index >= 15 is 0 Å². The maximum Gasteiger partial charge on any atom is 0.336 e. The van der Waals surface area contributed by atoms with E-state index in [0.29, 0.717) is 0 Å². The van der Waals surface area contributed by atoms with Gasteiger partial charge in [0.25, 0.3) is 0 Å². The van der Waals surface area contributed by atoms with Crippen molar-refractivity contribution in [3.63, 3.8) is 0 Å². The van der Waals surface area contributed by atoms with E-state index in [9.17, 15) is 4.79 Å². The second kappa shape index (κ2) is 6.34. The Kier molecular flexibility index (Phi) is 4.78. The summed E-state index contributed by atoms with van der Waals surface area (Å²) in [4.78, 5) is 11.0. The summed E-state index contributed by atoms with van der Waals surface area (Å²) in [7, 11) is 0. The number of hydrogen-bond acceptors (Lipinski definition) is 3. The Labute approximate surface area is 108 Å². The topological polar surface area (TPSA) is 55.8 Å². The highest BCUT2D eigenvalue weighted by Gasteiger charge is 2.29. The van der Waals surface area contributed by atoms with Crippen molar-refractivity contribution in [2.24, 2.45) is 0 Å². The molecule has 0 heterocycles. The molecule has 102 valence electrons. The van der Waals surface area contributed by atoms with Crippen LogP contribution in [0.5, 0.6) is 0 Å². The molecule has 0 bridgehead atoms.